The van der Waals surface area contributed by atoms with Gasteiger partial charge in [-0.15, -0.1) is 11.3 Å². The number of benzene rings is 1. The van der Waals surface area contributed by atoms with E-state index in [1.54, 1.807) is 23.5 Å². The van der Waals surface area contributed by atoms with Crippen LogP contribution in [0.2, 0.25) is 0 Å². The molecule has 0 spiro atoms. The number of carboxylic acid groups (broad SMARTS) is 1. The highest BCUT2D eigenvalue weighted by Crippen LogP contribution is 2.23. The monoisotopic (exact) mass is 340 g/mol. The number of hydrogen-bond acceptors (Lipinski definition) is 4. The second-order valence-corrected chi connectivity index (χ2v) is 6.54. The zero-order valence-electron chi connectivity index (χ0n) is 10.0. The predicted molar refractivity (Wildman–Crippen MR) is 82.0 cm³/mol. The molecule has 1 heterocycles. The smallest absolute Gasteiger partial charge is 0.337 e. The summed E-state index contributed by atoms with van der Waals surface area (Å²) in [6.45, 7) is 0.777. The maximum Gasteiger partial charge on any atom is 0.337 e. The van der Waals surface area contributed by atoms with E-state index < -0.39 is 5.97 Å². The van der Waals surface area contributed by atoms with Crippen molar-refractivity contribution in [3.8, 4) is 0 Å². The Morgan fingerprint density at radius 1 is 1.37 bits per heavy atom. The SMILES string of the molecule is Nc1cc(NCCc2ccc(Br)s2)ccc1C(=O)O. The van der Waals surface area contributed by atoms with Gasteiger partial charge in [0.25, 0.3) is 0 Å². The molecule has 0 aliphatic heterocycles. The van der Waals surface area contributed by atoms with Crippen LogP contribution in [0.15, 0.2) is 34.1 Å². The van der Waals surface area contributed by atoms with Crippen LogP contribution in [0.25, 0.3) is 0 Å². The van der Waals surface area contributed by atoms with Crippen LogP contribution in [0.1, 0.15) is 15.2 Å². The third-order valence-corrected chi connectivity index (χ3v) is 4.29. The van der Waals surface area contributed by atoms with E-state index in [0.29, 0.717) is 0 Å². The molecule has 4 N–H and O–H groups in total. The Balaban J connectivity index is 1.93. The van der Waals surface area contributed by atoms with Crippen molar-refractivity contribution in [1.29, 1.82) is 0 Å². The first kappa shape index (κ1) is 13.9. The van der Waals surface area contributed by atoms with Crippen LogP contribution in [-0.4, -0.2) is 17.6 Å². The van der Waals surface area contributed by atoms with Gasteiger partial charge in [0.2, 0.25) is 0 Å². The van der Waals surface area contributed by atoms with Gasteiger partial charge in [0.1, 0.15) is 0 Å². The zero-order chi connectivity index (χ0) is 13.8. The lowest BCUT2D eigenvalue weighted by molar-refractivity contribution is 0.0698. The van der Waals surface area contributed by atoms with Crippen molar-refractivity contribution in [2.24, 2.45) is 0 Å². The van der Waals surface area contributed by atoms with Crippen molar-refractivity contribution in [1.82, 2.24) is 0 Å². The standard InChI is InChI=1S/C13H13BrN2O2S/c14-12-4-2-9(19-12)5-6-16-8-1-3-10(13(17)18)11(15)7-8/h1-4,7,16H,5-6,15H2,(H,17,18). The number of halogens is 1. The Morgan fingerprint density at radius 3 is 2.74 bits per heavy atom. The molecular formula is C13H13BrN2O2S. The van der Waals surface area contributed by atoms with E-state index in [0.717, 1.165) is 22.4 Å². The van der Waals surface area contributed by atoms with Gasteiger partial charge in [-0.25, -0.2) is 4.79 Å². The third-order valence-electron chi connectivity index (χ3n) is 2.61. The molecule has 100 valence electrons. The predicted octanol–water partition coefficient (Wildman–Crippen LogP) is 3.45. The zero-order valence-corrected chi connectivity index (χ0v) is 12.4. The molecule has 1 aromatic carbocycles. The molecule has 4 nitrogen and oxygen atoms in total. The highest BCUT2D eigenvalue weighted by molar-refractivity contribution is 9.11. The van der Waals surface area contributed by atoms with Crippen molar-refractivity contribution in [3.63, 3.8) is 0 Å². The maximum absolute atomic E-state index is 10.8. The normalized spacial score (nSPS) is 10.4. The van der Waals surface area contributed by atoms with Crippen LogP contribution in [0.5, 0.6) is 0 Å². The van der Waals surface area contributed by atoms with Crippen LogP contribution in [0, 0.1) is 0 Å². The molecule has 0 bridgehead atoms. The summed E-state index contributed by atoms with van der Waals surface area (Å²) in [5.41, 5.74) is 6.92. The summed E-state index contributed by atoms with van der Waals surface area (Å²) in [6.07, 6.45) is 0.914. The minimum atomic E-state index is -1.01. The van der Waals surface area contributed by atoms with Crippen molar-refractivity contribution >= 4 is 44.6 Å². The van der Waals surface area contributed by atoms with Gasteiger partial charge in [0.05, 0.1) is 9.35 Å². The second kappa shape index (κ2) is 6.08. The molecule has 0 saturated carbocycles. The maximum atomic E-state index is 10.8. The van der Waals surface area contributed by atoms with E-state index >= 15 is 0 Å². The quantitative estimate of drug-likeness (QED) is 0.728. The molecule has 0 fully saturated rings. The molecular weight excluding hydrogens is 328 g/mol. The van der Waals surface area contributed by atoms with Gasteiger partial charge < -0.3 is 16.2 Å². The molecule has 0 atom stereocenters. The number of rotatable bonds is 5. The third kappa shape index (κ3) is 3.71. The van der Waals surface area contributed by atoms with E-state index in [1.807, 2.05) is 6.07 Å². The van der Waals surface area contributed by atoms with E-state index in [1.165, 1.54) is 10.9 Å². The topological polar surface area (TPSA) is 75.3 Å². The number of anilines is 2. The van der Waals surface area contributed by atoms with Crippen LogP contribution in [-0.2, 0) is 6.42 Å². The molecule has 2 rings (SSSR count). The summed E-state index contributed by atoms with van der Waals surface area (Å²) in [6, 6.07) is 9.00. The lowest BCUT2D eigenvalue weighted by atomic mass is 10.1. The molecule has 1 aromatic heterocycles. The second-order valence-electron chi connectivity index (χ2n) is 3.99. The average Bonchev–Trinajstić information content (AvgIpc) is 2.75. The van der Waals surface area contributed by atoms with Crippen molar-refractivity contribution < 1.29 is 9.90 Å². The number of hydrogen-bond donors (Lipinski definition) is 3. The van der Waals surface area contributed by atoms with Crippen molar-refractivity contribution in [3.05, 3.63) is 44.6 Å². The Morgan fingerprint density at radius 2 is 2.16 bits per heavy atom. The largest absolute Gasteiger partial charge is 0.478 e. The molecule has 0 saturated heterocycles. The van der Waals surface area contributed by atoms with Gasteiger partial charge in [0, 0.05) is 22.8 Å². The number of thiophene rings is 1. The first-order valence-electron chi connectivity index (χ1n) is 5.67. The fourth-order valence-corrected chi connectivity index (χ4v) is 3.17. The number of nitrogens with one attached hydrogen (secondary N) is 1. The number of carboxylic acids is 1. The van der Waals surface area contributed by atoms with E-state index in [4.69, 9.17) is 10.8 Å². The van der Waals surface area contributed by atoms with E-state index in [9.17, 15) is 4.79 Å². The minimum absolute atomic E-state index is 0.132. The van der Waals surface area contributed by atoms with Gasteiger partial charge in [-0.1, -0.05) is 0 Å². The van der Waals surface area contributed by atoms with E-state index in [2.05, 4.69) is 27.3 Å². The summed E-state index contributed by atoms with van der Waals surface area (Å²) in [5.74, 6) is -1.01. The molecule has 2 aromatic rings. The van der Waals surface area contributed by atoms with E-state index in [-0.39, 0.29) is 11.3 Å². The van der Waals surface area contributed by atoms with Gasteiger partial charge in [-0.05, 0) is 52.7 Å². The summed E-state index contributed by atoms with van der Waals surface area (Å²) in [7, 11) is 0. The fraction of sp³-hybridized carbons (Fsp3) is 0.154. The molecule has 19 heavy (non-hydrogen) atoms. The first-order chi connectivity index (χ1) is 9.06. The molecule has 0 radical (unpaired) electrons. The summed E-state index contributed by atoms with van der Waals surface area (Å²) in [5, 5.41) is 12.1. The highest BCUT2D eigenvalue weighted by atomic mass is 79.9. The Bertz CT molecular complexity index is 598. The number of nitrogen functional groups attached to an aromatic ring is 1. The fourth-order valence-electron chi connectivity index (χ4n) is 1.68. The summed E-state index contributed by atoms with van der Waals surface area (Å²) >= 11 is 5.13. The van der Waals surface area contributed by atoms with Crippen LogP contribution in [0.3, 0.4) is 0 Å². The van der Waals surface area contributed by atoms with Crippen LogP contribution >= 0.6 is 27.3 Å². The molecule has 0 unspecified atom stereocenters. The Kier molecular flexibility index (Phi) is 4.44. The molecule has 6 heteroatoms. The molecule has 0 amide bonds. The van der Waals surface area contributed by atoms with Gasteiger partial charge in [-0.3, -0.25) is 0 Å². The van der Waals surface area contributed by atoms with Gasteiger partial charge >= 0.3 is 5.97 Å². The van der Waals surface area contributed by atoms with Crippen molar-refractivity contribution in [2.45, 2.75) is 6.42 Å². The highest BCUT2D eigenvalue weighted by Gasteiger charge is 2.07. The summed E-state index contributed by atoms with van der Waals surface area (Å²) < 4.78 is 1.12. The lowest BCUT2D eigenvalue weighted by Gasteiger charge is -2.08. The summed E-state index contributed by atoms with van der Waals surface area (Å²) in [4.78, 5) is 12.1. The number of carbonyl (C=O) groups is 1. The number of aromatic carboxylic acids is 1. The van der Waals surface area contributed by atoms with Gasteiger partial charge in [-0.2, -0.15) is 0 Å². The Hall–Kier alpha value is -1.53. The number of nitrogens with two attached hydrogens (primary N) is 1. The van der Waals surface area contributed by atoms with Crippen LogP contribution in [0.4, 0.5) is 11.4 Å². The Labute approximate surface area is 123 Å². The first-order valence-corrected chi connectivity index (χ1v) is 7.28. The van der Waals surface area contributed by atoms with Crippen molar-refractivity contribution in [2.75, 3.05) is 17.6 Å². The van der Waals surface area contributed by atoms with Crippen LogP contribution < -0.4 is 11.1 Å². The average molecular weight is 341 g/mol. The molecule has 0 aliphatic rings. The minimum Gasteiger partial charge on any atom is -0.478 e. The lowest BCUT2D eigenvalue weighted by Crippen LogP contribution is -2.06. The van der Waals surface area contributed by atoms with Gasteiger partial charge in [0.15, 0.2) is 0 Å². The molecule has 0 aliphatic carbocycles.